The van der Waals surface area contributed by atoms with E-state index in [2.05, 4.69) is 21.3 Å². The molecule has 0 bridgehead atoms. The molecule has 0 spiro atoms. The van der Waals surface area contributed by atoms with Crippen molar-refractivity contribution in [1.82, 2.24) is 19.7 Å². The minimum absolute atomic E-state index is 0.632. The number of thiazole rings is 1. The summed E-state index contributed by atoms with van der Waals surface area (Å²) in [5, 5.41) is 8.93. The first-order valence-corrected chi connectivity index (χ1v) is 9.67. The number of rotatable bonds is 7. The lowest BCUT2D eigenvalue weighted by molar-refractivity contribution is 0.0360. The third-order valence-electron chi connectivity index (χ3n) is 4.41. The summed E-state index contributed by atoms with van der Waals surface area (Å²) in [6.07, 6.45) is 3.73. The third-order valence-corrected chi connectivity index (χ3v) is 5.55. The van der Waals surface area contributed by atoms with Crippen molar-refractivity contribution in [2.75, 3.05) is 38.2 Å². The van der Waals surface area contributed by atoms with Gasteiger partial charge < -0.3 is 14.5 Å². The summed E-state index contributed by atoms with van der Waals surface area (Å²) in [5.41, 5.74) is 1.98. The van der Waals surface area contributed by atoms with Crippen molar-refractivity contribution in [2.24, 2.45) is 0 Å². The molecular formula is C18H23N5O2S. The lowest BCUT2D eigenvalue weighted by Gasteiger charge is -2.26. The maximum atomic E-state index is 5.39. The summed E-state index contributed by atoms with van der Waals surface area (Å²) in [7, 11) is 0. The van der Waals surface area contributed by atoms with Gasteiger partial charge in [0.2, 0.25) is 0 Å². The van der Waals surface area contributed by atoms with E-state index in [1.165, 1.54) is 0 Å². The van der Waals surface area contributed by atoms with Gasteiger partial charge in [-0.3, -0.25) is 9.58 Å². The minimum atomic E-state index is 0.632. The van der Waals surface area contributed by atoms with Gasteiger partial charge in [-0.15, -0.1) is 0 Å². The molecule has 1 aliphatic heterocycles. The summed E-state index contributed by atoms with van der Waals surface area (Å²) < 4.78 is 12.7. The van der Waals surface area contributed by atoms with E-state index < -0.39 is 0 Å². The van der Waals surface area contributed by atoms with Crippen molar-refractivity contribution in [1.29, 1.82) is 0 Å². The number of nitrogens with zero attached hydrogens (tertiary/aromatic N) is 4. The smallest absolute Gasteiger partial charge is 0.183 e. The average molecular weight is 373 g/mol. The van der Waals surface area contributed by atoms with E-state index in [4.69, 9.17) is 14.3 Å². The zero-order valence-corrected chi connectivity index (χ0v) is 15.7. The van der Waals surface area contributed by atoms with Gasteiger partial charge in [-0.1, -0.05) is 11.3 Å². The van der Waals surface area contributed by atoms with E-state index in [-0.39, 0.29) is 0 Å². The number of aryl methyl sites for hydroxylation is 1. The maximum Gasteiger partial charge on any atom is 0.183 e. The lowest BCUT2D eigenvalue weighted by Crippen LogP contribution is -2.38. The van der Waals surface area contributed by atoms with Gasteiger partial charge in [0.25, 0.3) is 0 Å². The van der Waals surface area contributed by atoms with Crippen LogP contribution in [-0.2, 0) is 17.8 Å². The van der Waals surface area contributed by atoms with Crippen LogP contribution in [0.15, 0.2) is 35.1 Å². The number of ether oxygens (including phenoxy) is 1. The highest BCUT2D eigenvalue weighted by Crippen LogP contribution is 2.31. The molecule has 138 valence electrons. The van der Waals surface area contributed by atoms with Gasteiger partial charge in [-0.2, -0.15) is 5.10 Å². The van der Waals surface area contributed by atoms with E-state index in [0.29, 0.717) is 6.54 Å². The fourth-order valence-corrected chi connectivity index (χ4v) is 3.89. The molecule has 0 aromatic carbocycles. The number of morpholine rings is 1. The van der Waals surface area contributed by atoms with Crippen LogP contribution in [0.1, 0.15) is 11.5 Å². The fourth-order valence-electron chi connectivity index (χ4n) is 2.96. The highest BCUT2D eigenvalue weighted by atomic mass is 32.1. The molecule has 0 saturated carbocycles. The Hall–Kier alpha value is -2.16. The van der Waals surface area contributed by atoms with Crippen molar-refractivity contribution in [3.63, 3.8) is 0 Å². The molecule has 3 aromatic heterocycles. The Morgan fingerprint density at radius 2 is 2.12 bits per heavy atom. The molecule has 0 aliphatic carbocycles. The summed E-state index contributed by atoms with van der Waals surface area (Å²) in [4.78, 5) is 8.13. The second-order valence-electron chi connectivity index (χ2n) is 6.28. The molecule has 1 saturated heterocycles. The first kappa shape index (κ1) is 17.3. The van der Waals surface area contributed by atoms with Crippen LogP contribution in [0.25, 0.3) is 10.6 Å². The van der Waals surface area contributed by atoms with Gasteiger partial charge in [-0.25, -0.2) is 4.98 Å². The summed E-state index contributed by atoms with van der Waals surface area (Å²) in [6, 6.07) is 5.90. The molecule has 1 N–H and O–H groups in total. The van der Waals surface area contributed by atoms with Crippen LogP contribution in [0.3, 0.4) is 0 Å². The molecule has 1 fully saturated rings. The Balaban J connectivity index is 1.37. The lowest BCUT2D eigenvalue weighted by atomic mass is 10.3. The highest BCUT2D eigenvalue weighted by Gasteiger charge is 2.14. The van der Waals surface area contributed by atoms with E-state index in [1.54, 1.807) is 17.6 Å². The predicted octanol–water partition coefficient (Wildman–Crippen LogP) is 2.85. The van der Waals surface area contributed by atoms with E-state index in [1.807, 2.05) is 29.9 Å². The summed E-state index contributed by atoms with van der Waals surface area (Å²) in [5.74, 6) is 0.895. The molecule has 0 unspecified atom stereocenters. The Morgan fingerprint density at radius 1 is 1.23 bits per heavy atom. The number of hydrogen-bond acceptors (Lipinski definition) is 7. The molecule has 8 heteroatoms. The molecule has 1 aliphatic rings. The molecule has 0 radical (unpaired) electrons. The van der Waals surface area contributed by atoms with Crippen LogP contribution >= 0.6 is 11.3 Å². The van der Waals surface area contributed by atoms with E-state index in [9.17, 15) is 0 Å². The Bertz CT molecular complexity index is 821. The van der Waals surface area contributed by atoms with Gasteiger partial charge in [-0.05, 0) is 25.1 Å². The van der Waals surface area contributed by atoms with Gasteiger partial charge >= 0.3 is 0 Å². The molecule has 0 atom stereocenters. The first-order valence-electron chi connectivity index (χ1n) is 8.85. The van der Waals surface area contributed by atoms with Gasteiger partial charge in [0.05, 0.1) is 43.1 Å². The minimum Gasteiger partial charge on any atom is -0.467 e. The molecule has 3 aromatic rings. The quantitative estimate of drug-likeness (QED) is 0.687. The van der Waals surface area contributed by atoms with Crippen LogP contribution in [0.2, 0.25) is 0 Å². The predicted molar refractivity (Wildman–Crippen MR) is 101 cm³/mol. The van der Waals surface area contributed by atoms with E-state index >= 15 is 0 Å². The second-order valence-corrected chi connectivity index (χ2v) is 7.28. The normalized spacial score (nSPS) is 15.4. The van der Waals surface area contributed by atoms with Crippen molar-refractivity contribution in [3.8, 4) is 10.6 Å². The van der Waals surface area contributed by atoms with Crippen molar-refractivity contribution < 1.29 is 9.15 Å². The molecule has 4 heterocycles. The Kier molecular flexibility index (Phi) is 5.33. The monoisotopic (exact) mass is 373 g/mol. The molecule has 0 amide bonds. The maximum absolute atomic E-state index is 5.39. The topological polar surface area (TPSA) is 68.4 Å². The largest absolute Gasteiger partial charge is 0.467 e. The first-order chi connectivity index (χ1) is 12.8. The number of anilines is 1. The average Bonchev–Trinajstić information content (AvgIpc) is 3.40. The number of furan rings is 1. The molecule has 26 heavy (non-hydrogen) atoms. The second kappa shape index (κ2) is 8.03. The van der Waals surface area contributed by atoms with Crippen LogP contribution in [-0.4, -0.2) is 52.5 Å². The van der Waals surface area contributed by atoms with E-state index in [0.717, 1.165) is 66.5 Å². The fraction of sp³-hybridized carbons (Fsp3) is 0.444. The summed E-state index contributed by atoms with van der Waals surface area (Å²) in [6.45, 7) is 8.23. The van der Waals surface area contributed by atoms with Gasteiger partial charge in [0.15, 0.2) is 5.13 Å². The van der Waals surface area contributed by atoms with Crippen molar-refractivity contribution in [3.05, 3.63) is 42.1 Å². The summed E-state index contributed by atoms with van der Waals surface area (Å²) >= 11 is 1.63. The van der Waals surface area contributed by atoms with Crippen molar-refractivity contribution >= 4 is 16.5 Å². The Labute approximate surface area is 156 Å². The highest BCUT2D eigenvalue weighted by molar-refractivity contribution is 7.19. The standard InChI is InChI=1S/C18H23N5O2S/c1-14-17(26-18(20-14)19-13-15-3-2-10-25-15)16-4-5-23(21-16)7-6-22-8-11-24-12-9-22/h2-5,10H,6-9,11-13H2,1H3,(H,19,20). The number of aromatic nitrogens is 3. The number of hydrogen-bond donors (Lipinski definition) is 1. The van der Waals surface area contributed by atoms with Crippen molar-refractivity contribution in [2.45, 2.75) is 20.0 Å². The molecular weight excluding hydrogens is 350 g/mol. The Morgan fingerprint density at radius 3 is 2.92 bits per heavy atom. The van der Waals surface area contributed by atoms with Crippen LogP contribution in [0, 0.1) is 6.92 Å². The van der Waals surface area contributed by atoms with Gasteiger partial charge in [0, 0.05) is 25.8 Å². The zero-order chi connectivity index (χ0) is 17.8. The number of nitrogens with one attached hydrogen (secondary N) is 1. The molecule has 7 nitrogen and oxygen atoms in total. The third kappa shape index (κ3) is 4.14. The van der Waals surface area contributed by atoms with Crippen LogP contribution < -0.4 is 5.32 Å². The zero-order valence-electron chi connectivity index (χ0n) is 14.9. The molecule has 4 rings (SSSR count). The van der Waals surface area contributed by atoms with Crippen LogP contribution in [0.4, 0.5) is 5.13 Å². The van der Waals surface area contributed by atoms with Crippen LogP contribution in [0.5, 0.6) is 0 Å². The SMILES string of the molecule is Cc1nc(NCc2ccco2)sc1-c1ccn(CCN2CCOCC2)n1. The van der Waals surface area contributed by atoms with Gasteiger partial charge in [0.1, 0.15) is 11.5 Å².